The Morgan fingerprint density at radius 2 is 1.91 bits per heavy atom. The first-order valence-electron chi connectivity index (χ1n) is 12.8. The number of aliphatic hydroxyl groups is 1. The van der Waals surface area contributed by atoms with Gasteiger partial charge in [0.05, 0.1) is 0 Å². The van der Waals surface area contributed by atoms with Gasteiger partial charge in [0.1, 0.15) is 12.1 Å². The molecule has 0 aliphatic heterocycles. The summed E-state index contributed by atoms with van der Waals surface area (Å²) in [5.41, 5.74) is 4.87. The maximum Gasteiger partial charge on any atom is 0.323 e. The van der Waals surface area contributed by atoms with Crippen LogP contribution in [0.5, 0.6) is 0 Å². The number of benzene rings is 1. The van der Waals surface area contributed by atoms with E-state index in [0.29, 0.717) is 24.7 Å². The van der Waals surface area contributed by atoms with Gasteiger partial charge in [-0.15, -0.1) is 5.92 Å². The number of nitrogens with zero attached hydrogens (tertiary/aromatic N) is 1. The molecular weight excluding hydrogens is 438 g/mol. The van der Waals surface area contributed by atoms with Crippen molar-refractivity contribution in [1.29, 1.82) is 0 Å². The smallest absolute Gasteiger partial charge is 0.323 e. The zero-order chi connectivity index (χ0) is 25.0. The van der Waals surface area contributed by atoms with Crippen molar-refractivity contribution in [3.05, 3.63) is 52.6 Å². The molecule has 5 nitrogen and oxygen atoms in total. The average Bonchev–Trinajstić information content (AvgIpc) is 3.08. The molecule has 0 aromatic heterocycles. The molecule has 5 atom stereocenters. The number of hydrogen-bond donors (Lipinski definition) is 2. The van der Waals surface area contributed by atoms with Gasteiger partial charge in [0.15, 0.2) is 5.78 Å². The Hall–Kier alpha value is -2.84. The summed E-state index contributed by atoms with van der Waals surface area (Å²) in [5, 5.41) is 20.9. The fourth-order valence-corrected chi connectivity index (χ4v) is 7.63. The number of carbonyl (C=O) groups is 2. The second-order valence-corrected chi connectivity index (χ2v) is 11.1. The Balaban J connectivity index is 1.61. The van der Waals surface area contributed by atoms with Gasteiger partial charge in [-0.05, 0) is 92.2 Å². The van der Waals surface area contributed by atoms with E-state index in [2.05, 4.69) is 30.9 Å². The van der Waals surface area contributed by atoms with Gasteiger partial charge < -0.3 is 15.1 Å². The molecule has 2 unspecified atom stereocenters. The minimum atomic E-state index is -0.985. The first kappa shape index (κ1) is 23.9. The lowest BCUT2D eigenvalue weighted by Gasteiger charge is -2.53. The normalized spacial score (nSPS) is 33.7. The third-order valence-corrected chi connectivity index (χ3v) is 9.33. The van der Waals surface area contributed by atoms with Crippen LogP contribution in [0.25, 0.3) is 0 Å². The topological polar surface area (TPSA) is 77.8 Å². The van der Waals surface area contributed by atoms with Crippen molar-refractivity contribution in [2.75, 3.05) is 18.5 Å². The Bertz CT molecular complexity index is 1180. The second kappa shape index (κ2) is 8.68. The van der Waals surface area contributed by atoms with Crippen LogP contribution in [0.15, 0.2) is 47.1 Å². The molecule has 0 radical (unpaired) electrons. The van der Waals surface area contributed by atoms with Crippen molar-refractivity contribution in [1.82, 2.24) is 0 Å². The van der Waals surface area contributed by atoms with E-state index in [1.54, 1.807) is 11.9 Å². The predicted molar refractivity (Wildman–Crippen MR) is 136 cm³/mol. The van der Waals surface area contributed by atoms with E-state index >= 15 is 0 Å². The Kier molecular flexibility index (Phi) is 5.92. The molecule has 1 aromatic carbocycles. The Labute approximate surface area is 207 Å². The van der Waals surface area contributed by atoms with Gasteiger partial charge in [-0.3, -0.25) is 9.59 Å². The maximum atomic E-state index is 12.2. The maximum absolute atomic E-state index is 12.2. The first-order valence-corrected chi connectivity index (χ1v) is 12.8. The zero-order valence-electron chi connectivity index (χ0n) is 20.9. The number of rotatable bonds is 4. The van der Waals surface area contributed by atoms with Crippen LogP contribution in [0.2, 0.25) is 0 Å². The second-order valence-electron chi connectivity index (χ2n) is 11.1. The molecule has 2 N–H and O–H groups in total. The van der Waals surface area contributed by atoms with Crippen LogP contribution in [0.3, 0.4) is 0 Å². The van der Waals surface area contributed by atoms with Gasteiger partial charge >= 0.3 is 5.97 Å². The van der Waals surface area contributed by atoms with Crippen LogP contribution in [-0.4, -0.2) is 41.2 Å². The molecule has 5 rings (SSSR count). The predicted octanol–water partition coefficient (Wildman–Crippen LogP) is 4.86. The molecule has 0 bridgehead atoms. The largest absolute Gasteiger partial charge is 0.480 e. The van der Waals surface area contributed by atoms with Gasteiger partial charge in [-0.25, -0.2) is 0 Å². The summed E-state index contributed by atoms with van der Waals surface area (Å²) >= 11 is 0. The van der Waals surface area contributed by atoms with E-state index in [4.69, 9.17) is 5.11 Å². The molecule has 2 saturated carbocycles. The summed E-state index contributed by atoms with van der Waals surface area (Å²) in [5.74, 6) is 6.51. The zero-order valence-corrected chi connectivity index (χ0v) is 20.9. The number of carboxylic acid groups (broad SMARTS) is 1. The minimum Gasteiger partial charge on any atom is -0.480 e. The van der Waals surface area contributed by atoms with E-state index in [9.17, 15) is 14.7 Å². The van der Waals surface area contributed by atoms with Crippen molar-refractivity contribution in [2.24, 2.45) is 17.3 Å². The number of aliphatic carboxylic acids is 1. The Morgan fingerprint density at radius 1 is 1.17 bits per heavy atom. The van der Waals surface area contributed by atoms with E-state index in [0.717, 1.165) is 37.8 Å². The summed E-state index contributed by atoms with van der Waals surface area (Å²) in [7, 11) is 1.79. The summed E-state index contributed by atoms with van der Waals surface area (Å²) in [6, 6.07) is 8.25. The molecule has 0 heterocycles. The molecule has 0 spiro atoms. The highest BCUT2D eigenvalue weighted by Gasteiger charge is 2.62. The molecule has 5 heteroatoms. The molecule has 0 saturated heterocycles. The highest BCUT2D eigenvalue weighted by atomic mass is 16.4. The van der Waals surface area contributed by atoms with Crippen LogP contribution < -0.4 is 4.90 Å². The monoisotopic (exact) mass is 473 g/mol. The van der Waals surface area contributed by atoms with Gasteiger partial charge in [0, 0.05) is 30.5 Å². The summed E-state index contributed by atoms with van der Waals surface area (Å²) in [6.45, 7) is 4.00. The quantitative estimate of drug-likeness (QED) is 0.611. The lowest BCUT2D eigenvalue weighted by atomic mass is 9.51. The molecule has 35 heavy (non-hydrogen) atoms. The van der Waals surface area contributed by atoms with Crippen molar-refractivity contribution in [3.63, 3.8) is 0 Å². The number of allylic oxidation sites excluding steroid dienone is 4. The van der Waals surface area contributed by atoms with E-state index < -0.39 is 11.6 Å². The molecule has 4 aliphatic carbocycles. The highest BCUT2D eigenvalue weighted by molar-refractivity contribution is 5.93. The number of carboxylic acids is 1. The third-order valence-electron chi connectivity index (χ3n) is 9.33. The number of ketones is 1. The summed E-state index contributed by atoms with van der Waals surface area (Å²) in [6.07, 6.45) is 7.74. The fraction of sp³-hybridized carbons (Fsp3) is 0.533. The van der Waals surface area contributed by atoms with Gasteiger partial charge in [-0.2, -0.15) is 0 Å². The van der Waals surface area contributed by atoms with Crippen molar-refractivity contribution in [2.45, 2.75) is 70.3 Å². The third kappa shape index (κ3) is 3.83. The van der Waals surface area contributed by atoms with Gasteiger partial charge in [-0.1, -0.05) is 30.6 Å². The molecule has 0 amide bonds. The average molecular weight is 474 g/mol. The van der Waals surface area contributed by atoms with E-state index in [1.165, 1.54) is 22.3 Å². The SMILES string of the molecule is CC#C[C@]1(O)CCC2C3CCC4=CC(=O)CCC4=C3[C@@H](c3ccc(N(C)CC(=O)O)cc3)C[C@@]21C. The summed E-state index contributed by atoms with van der Waals surface area (Å²) in [4.78, 5) is 25.1. The van der Waals surface area contributed by atoms with E-state index in [-0.39, 0.29) is 23.7 Å². The molecular formula is C30H35NO4. The fourth-order valence-electron chi connectivity index (χ4n) is 7.63. The number of fused-ring (bicyclic) bond motifs is 4. The van der Waals surface area contributed by atoms with Gasteiger partial charge in [0.2, 0.25) is 0 Å². The lowest BCUT2D eigenvalue weighted by Crippen LogP contribution is -2.51. The van der Waals surface area contributed by atoms with Crippen molar-refractivity contribution >= 4 is 17.4 Å². The first-order chi connectivity index (χ1) is 16.7. The standard InChI is InChI=1S/C30H35NO4/c1-4-14-30(35)15-13-26-24-11-7-20-16-22(32)10-12-23(20)28(24)25(17-29(26,30)2)19-5-8-21(9-6-19)31(3)18-27(33)34/h5-6,8-9,16,24-26,35H,7,10-13,15,17-18H2,1-3H3,(H,33,34)/t24?,25-,26?,29+,30+/m1/s1. The number of likely N-dealkylation sites (N-methyl/N-ethyl adjacent to an activating group) is 1. The van der Waals surface area contributed by atoms with Crippen LogP contribution in [-0.2, 0) is 9.59 Å². The Morgan fingerprint density at radius 3 is 2.60 bits per heavy atom. The van der Waals surface area contributed by atoms with Crippen LogP contribution >= 0.6 is 0 Å². The lowest BCUT2D eigenvalue weighted by molar-refractivity contribution is -0.135. The molecule has 2 fully saturated rings. The van der Waals surface area contributed by atoms with E-state index in [1.807, 2.05) is 25.1 Å². The number of hydrogen-bond acceptors (Lipinski definition) is 4. The molecule has 1 aromatic rings. The highest BCUT2D eigenvalue weighted by Crippen LogP contribution is 2.66. The van der Waals surface area contributed by atoms with Gasteiger partial charge in [0.25, 0.3) is 0 Å². The van der Waals surface area contributed by atoms with Crippen LogP contribution in [0.1, 0.15) is 70.3 Å². The number of carbonyl (C=O) groups excluding carboxylic acids is 1. The molecule has 4 aliphatic rings. The number of anilines is 1. The molecule has 184 valence electrons. The van der Waals surface area contributed by atoms with Crippen molar-refractivity contribution in [3.8, 4) is 11.8 Å². The summed E-state index contributed by atoms with van der Waals surface area (Å²) < 4.78 is 0. The minimum absolute atomic E-state index is 0.0508. The van der Waals surface area contributed by atoms with Crippen molar-refractivity contribution < 1.29 is 19.8 Å². The van der Waals surface area contributed by atoms with Crippen LogP contribution in [0, 0.1) is 29.1 Å². The van der Waals surface area contributed by atoms with Crippen LogP contribution in [0.4, 0.5) is 5.69 Å².